The van der Waals surface area contributed by atoms with Gasteiger partial charge in [0.25, 0.3) is 5.91 Å². The maximum atomic E-state index is 13.5. The second kappa shape index (κ2) is 9.43. The number of ether oxygens (including phenoxy) is 2. The number of methoxy groups -OCH3 is 1. The van der Waals surface area contributed by atoms with Crippen LogP contribution in [0.15, 0.2) is 48.9 Å². The molecule has 0 spiro atoms. The van der Waals surface area contributed by atoms with Crippen LogP contribution < -0.4 is 10.1 Å². The predicted octanol–water partition coefficient (Wildman–Crippen LogP) is 3.79. The lowest BCUT2D eigenvalue weighted by atomic mass is 10.0. The highest BCUT2D eigenvalue weighted by atomic mass is 19.4. The van der Waals surface area contributed by atoms with E-state index in [2.05, 4.69) is 25.4 Å². The Hall–Kier alpha value is -4.06. The van der Waals surface area contributed by atoms with Crippen molar-refractivity contribution in [3.8, 4) is 17.1 Å². The summed E-state index contributed by atoms with van der Waals surface area (Å²) >= 11 is 0. The van der Waals surface area contributed by atoms with Gasteiger partial charge in [0, 0.05) is 18.7 Å². The first-order chi connectivity index (χ1) is 16.3. The average molecular weight is 472 g/mol. The first-order valence-electron chi connectivity index (χ1n) is 10.0. The third kappa shape index (κ3) is 4.81. The zero-order chi connectivity index (χ0) is 24.3. The number of fused-ring (bicyclic) bond motifs is 1. The Morgan fingerprint density at radius 2 is 1.91 bits per heavy atom. The number of imidazole rings is 1. The van der Waals surface area contributed by atoms with Crippen LogP contribution in [-0.4, -0.2) is 50.8 Å². The van der Waals surface area contributed by atoms with Crippen LogP contribution in [0.2, 0.25) is 0 Å². The standard InChI is InChI=1S/C22H19F3N6O3/c1-13-9-16(14-5-3-4-6-15(14)22(23,24)25)30-31-17(11-26-20(13)31)21(32)29-18-10-19(28-12-27-18)34-8-7-33-2/h3-6,9-12H,7-8H2,1-2H3,(H,27,28,29,32). The summed E-state index contributed by atoms with van der Waals surface area (Å²) in [5.41, 5.74) is 0.0374. The summed E-state index contributed by atoms with van der Waals surface area (Å²) in [4.78, 5) is 25.1. The van der Waals surface area contributed by atoms with Crippen molar-refractivity contribution in [2.24, 2.45) is 0 Å². The van der Waals surface area contributed by atoms with Gasteiger partial charge in [0.05, 0.1) is 24.1 Å². The molecule has 4 aromatic rings. The highest BCUT2D eigenvalue weighted by Crippen LogP contribution is 2.36. The van der Waals surface area contributed by atoms with Gasteiger partial charge in [-0.05, 0) is 24.6 Å². The number of hydrogen-bond donors (Lipinski definition) is 1. The number of nitrogens with zero attached hydrogens (tertiary/aromatic N) is 5. The maximum absolute atomic E-state index is 13.5. The molecule has 0 radical (unpaired) electrons. The second-order valence-corrected chi connectivity index (χ2v) is 7.17. The van der Waals surface area contributed by atoms with Crippen molar-refractivity contribution in [3.05, 3.63) is 65.7 Å². The fourth-order valence-corrected chi connectivity index (χ4v) is 3.26. The molecule has 0 atom stereocenters. The molecule has 12 heteroatoms. The van der Waals surface area contributed by atoms with Gasteiger partial charge in [-0.3, -0.25) is 4.79 Å². The third-order valence-corrected chi connectivity index (χ3v) is 4.81. The van der Waals surface area contributed by atoms with Crippen LogP contribution in [0.3, 0.4) is 0 Å². The van der Waals surface area contributed by atoms with E-state index in [4.69, 9.17) is 9.47 Å². The molecule has 1 N–H and O–H groups in total. The Morgan fingerprint density at radius 3 is 2.68 bits per heavy atom. The summed E-state index contributed by atoms with van der Waals surface area (Å²) in [7, 11) is 1.54. The molecule has 0 fully saturated rings. The summed E-state index contributed by atoms with van der Waals surface area (Å²) in [5.74, 6) is -0.208. The summed E-state index contributed by atoms with van der Waals surface area (Å²) in [5, 5.41) is 6.89. The van der Waals surface area contributed by atoms with Gasteiger partial charge < -0.3 is 14.8 Å². The van der Waals surface area contributed by atoms with Gasteiger partial charge >= 0.3 is 6.18 Å². The van der Waals surface area contributed by atoms with Gasteiger partial charge in [-0.1, -0.05) is 18.2 Å². The van der Waals surface area contributed by atoms with Crippen LogP contribution in [0.25, 0.3) is 16.9 Å². The molecule has 0 saturated heterocycles. The Morgan fingerprint density at radius 1 is 1.12 bits per heavy atom. The van der Waals surface area contributed by atoms with Gasteiger partial charge in [0.15, 0.2) is 11.3 Å². The molecule has 9 nitrogen and oxygen atoms in total. The van der Waals surface area contributed by atoms with Crippen molar-refractivity contribution >= 4 is 17.4 Å². The number of hydrogen-bond acceptors (Lipinski definition) is 7. The predicted molar refractivity (Wildman–Crippen MR) is 116 cm³/mol. The van der Waals surface area contributed by atoms with Gasteiger partial charge in [-0.15, -0.1) is 0 Å². The molecular weight excluding hydrogens is 453 g/mol. The van der Waals surface area contributed by atoms with Crippen molar-refractivity contribution in [1.29, 1.82) is 0 Å². The van der Waals surface area contributed by atoms with Crippen molar-refractivity contribution in [1.82, 2.24) is 24.6 Å². The minimum Gasteiger partial charge on any atom is -0.475 e. The zero-order valence-corrected chi connectivity index (χ0v) is 18.1. The fraction of sp³-hybridized carbons (Fsp3) is 0.227. The minimum atomic E-state index is -4.56. The van der Waals surface area contributed by atoms with E-state index in [1.165, 1.54) is 54.5 Å². The molecule has 0 unspecified atom stereocenters. The van der Waals surface area contributed by atoms with Crippen molar-refractivity contribution in [3.63, 3.8) is 0 Å². The topological polar surface area (TPSA) is 104 Å². The third-order valence-electron chi connectivity index (χ3n) is 4.81. The molecule has 1 amide bonds. The summed E-state index contributed by atoms with van der Waals surface area (Å²) in [6.45, 7) is 2.30. The number of aromatic nitrogens is 5. The number of alkyl halides is 3. The first-order valence-corrected chi connectivity index (χ1v) is 10.0. The summed E-state index contributed by atoms with van der Waals surface area (Å²) in [6, 6.07) is 8.05. The van der Waals surface area contributed by atoms with Crippen LogP contribution in [0.4, 0.5) is 19.0 Å². The maximum Gasteiger partial charge on any atom is 0.417 e. The van der Waals surface area contributed by atoms with Gasteiger partial charge in [-0.2, -0.15) is 18.3 Å². The molecule has 0 aliphatic rings. The van der Waals surface area contributed by atoms with Crippen LogP contribution in [0.5, 0.6) is 5.88 Å². The van der Waals surface area contributed by atoms with E-state index >= 15 is 0 Å². The molecule has 34 heavy (non-hydrogen) atoms. The average Bonchev–Trinajstić information content (AvgIpc) is 3.24. The summed E-state index contributed by atoms with van der Waals surface area (Å²) in [6.07, 6.45) is -2.05. The van der Waals surface area contributed by atoms with Crippen LogP contribution >= 0.6 is 0 Å². The van der Waals surface area contributed by atoms with Gasteiger partial charge in [-0.25, -0.2) is 19.5 Å². The lowest BCUT2D eigenvalue weighted by molar-refractivity contribution is -0.137. The number of rotatable bonds is 7. The molecule has 1 aromatic carbocycles. The van der Waals surface area contributed by atoms with E-state index in [1.807, 2.05) is 0 Å². The molecule has 176 valence electrons. The Balaban J connectivity index is 1.67. The van der Waals surface area contributed by atoms with Crippen LogP contribution in [0, 0.1) is 6.92 Å². The van der Waals surface area contributed by atoms with Gasteiger partial charge in [0.1, 0.15) is 18.8 Å². The molecule has 0 aliphatic carbocycles. The van der Waals surface area contributed by atoms with Crippen molar-refractivity contribution < 1.29 is 27.4 Å². The van der Waals surface area contributed by atoms with Crippen LogP contribution in [0.1, 0.15) is 21.6 Å². The SMILES string of the molecule is COCCOc1cc(NC(=O)c2cnc3c(C)cc(-c4ccccc4C(F)(F)F)nn23)ncn1. The summed E-state index contributed by atoms with van der Waals surface area (Å²) < 4.78 is 52.1. The minimum absolute atomic E-state index is 0.0184. The van der Waals surface area contributed by atoms with E-state index in [0.717, 1.165) is 6.07 Å². The molecule has 0 saturated carbocycles. The van der Waals surface area contributed by atoms with E-state index < -0.39 is 17.6 Å². The molecular formula is C22H19F3N6O3. The lowest BCUT2D eigenvalue weighted by Crippen LogP contribution is -2.17. The smallest absolute Gasteiger partial charge is 0.417 e. The number of benzene rings is 1. The first kappa shape index (κ1) is 23.1. The molecule has 4 rings (SSSR count). The molecule has 0 aliphatic heterocycles. The number of halogens is 3. The van der Waals surface area contributed by atoms with Crippen molar-refractivity contribution in [2.45, 2.75) is 13.1 Å². The quantitative estimate of drug-likeness (QED) is 0.408. The lowest BCUT2D eigenvalue weighted by Gasteiger charge is -2.13. The van der Waals surface area contributed by atoms with E-state index in [1.54, 1.807) is 6.92 Å². The number of amides is 1. The van der Waals surface area contributed by atoms with E-state index in [0.29, 0.717) is 17.8 Å². The molecule has 0 bridgehead atoms. The van der Waals surface area contributed by atoms with Gasteiger partial charge in [0.2, 0.25) is 5.88 Å². The van der Waals surface area contributed by atoms with Crippen molar-refractivity contribution in [2.75, 3.05) is 25.6 Å². The molecule has 3 heterocycles. The number of carbonyl (C=O) groups excluding carboxylic acids is 1. The monoisotopic (exact) mass is 472 g/mol. The Labute approximate surface area is 191 Å². The second-order valence-electron chi connectivity index (χ2n) is 7.17. The van der Waals surface area contributed by atoms with E-state index in [9.17, 15) is 18.0 Å². The number of aryl methyl sites for hydroxylation is 1. The number of anilines is 1. The Bertz CT molecular complexity index is 1340. The van der Waals surface area contributed by atoms with Crippen LogP contribution in [-0.2, 0) is 10.9 Å². The highest BCUT2D eigenvalue weighted by Gasteiger charge is 2.34. The molecule has 3 aromatic heterocycles. The fourth-order valence-electron chi connectivity index (χ4n) is 3.26. The normalized spacial score (nSPS) is 11.6. The highest BCUT2D eigenvalue weighted by molar-refractivity contribution is 6.03. The van der Waals surface area contributed by atoms with E-state index in [-0.39, 0.29) is 35.3 Å². The zero-order valence-electron chi connectivity index (χ0n) is 18.1. The Kier molecular flexibility index (Phi) is 6.41. The largest absolute Gasteiger partial charge is 0.475 e. The number of nitrogens with one attached hydrogen (secondary N) is 1. The number of carbonyl (C=O) groups is 1.